The molecule has 212 valence electrons. The molecule has 2 unspecified atom stereocenters. The van der Waals surface area contributed by atoms with Crippen LogP contribution in [0.2, 0.25) is 0 Å². The van der Waals surface area contributed by atoms with Gasteiger partial charge in [0.25, 0.3) is 0 Å². The van der Waals surface area contributed by atoms with Crippen LogP contribution in [-0.4, -0.2) is 30.1 Å². The second kappa shape index (κ2) is 9.18. The van der Waals surface area contributed by atoms with E-state index >= 15 is 0 Å². The molecule has 0 saturated heterocycles. The summed E-state index contributed by atoms with van der Waals surface area (Å²) < 4.78 is 5.43. The van der Waals surface area contributed by atoms with Gasteiger partial charge in [-0.25, -0.2) is 0 Å². The zero-order valence-electron chi connectivity index (χ0n) is 25.4. The molecule has 0 aromatic rings. The van der Waals surface area contributed by atoms with Crippen LogP contribution in [0.5, 0.6) is 0 Å². The monoisotopic (exact) mass is 525 g/mol. The van der Waals surface area contributed by atoms with E-state index < -0.39 is 16.9 Å². The van der Waals surface area contributed by atoms with Crippen molar-refractivity contribution in [1.29, 1.82) is 5.26 Å². The summed E-state index contributed by atoms with van der Waals surface area (Å²) in [5.41, 5.74) is -1.07. The molecule has 4 rings (SSSR count). The second-order valence-corrected chi connectivity index (χ2v) is 15.7. The lowest BCUT2D eigenvalue weighted by Gasteiger charge is -2.67. The summed E-state index contributed by atoms with van der Waals surface area (Å²) in [7, 11) is 1.54. The van der Waals surface area contributed by atoms with Crippen LogP contribution in [0.1, 0.15) is 113 Å². The first-order chi connectivity index (χ1) is 17.4. The Balaban J connectivity index is 1.82. The summed E-state index contributed by atoms with van der Waals surface area (Å²) >= 11 is 0. The van der Waals surface area contributed by atoms with Crippen molar-refractivity contribution in [2.45, 2.75) is 119 Å². The Hall–Kier alpha value is -1.67. The molecule has 0 amide bonds. The van der Waals surface area contributed by atoms with Gasteiger partial charge in [-0.1, -0.05) is 54.5 Å². The molecule has 8 atom stereocenters. The molecule has 0 aromatic heterocycles. The van der Waals surface area contributed by atoms with Gasteiger partial charge in [-0.15, -0.1) is 0 Å². The minimum Gasteiger partial charge on any atom is -0.469 e. The van der Waals surface area contributed by atoms with Gasteiger partial charge in [-0.05, 0) is 104 Å². The highest BCUT2D eigenvalue weighted by Crippen LogP contribution is 2.72. The van der Waals surface area contributed by atoms with Crippen molar-refractivity contribution in [2.75, 3.05) is 7.11 Å². The fourth-order valence-electron chi connectivity index (χ4n) is 10.3. The van der Waals surface area contributed by atoms with Crippen LogP contribution in [0.3, 0.4) is 0 Å². The third-order valence-corrected chi connectivity index (χ3v) is 12.7. The zero-order valence-corrected chi connectivity index (χ0v) is 25.4. The summed E-state index contributed by atoms with van der Waals surface area (Å²) in [6, 6.07) is 2.23. The molecule has 3 saturated carbocycles. The quantitative estimate of drug-likeness (QED) is 0.398. The van der Waals surface area contributed by atoms with Crippen molar-refractivity contribution < 1.29 is 19.4 Å². The summed E-state index contributed by atoms with van der Waals surface area (Å²) in [5.74, 6) is 0.415. The first kappa shape index (κ1) is 29.3. The SMILES string of the molecule is COC(=O)[C@]12CCC(C)(C)CC1C[C@](C)([C@]1(C)CCC3C(C)(C)C(=O)C(C#N)=C[C@]3(C)[C@H]1C[C@H](C)O)CC2. The number of hydrogen-bond acceptors (Lipinski definition) is 5. The lowest BCUT2D eigenvalue weighted by molar-refractivity contribution is -0.192. The van der Waals surface area contributed by atoms with Crippen molar-refractivity contribution in [1.82, 2.24) is 0 Å². The number of ketones is 1. The first-order valence-corrected chi connectivity index (χ1v) is 14.9. The molecule has 0 spiro atoms. The summed E-state index contributed by atoms with van der Waals surface area (Å²) in [6.45, 7) is 17.7. The maximum atomic E-state index is 13.3. The summed E-state index contributed by atoms with van der Waals surface area (Å²) in [5, 5.41) is 20.8. The highest BCUT2D eigenvalue weighted by molar-refractivity contribution is 6.04. The number of allylic oxidation sites excluding steroid dienone is 2. The molecular formula is C33H51NO4. The second-order valence-electron chi connectivity index (χ2n) is 15.7. The van der Waals surface area contributed by atoms with E-state index in [0.29, 0.717) is 6.42 Å². The Bertz CT molecular complexity index is 1070. The number of ether oxygens (including phenoxy) is 1. The number of Topliss-reactive ketones (excluding diaryl/α,β-unsaturated/α-hetero) is 1. The van der Waals surface area contributed by atoms with Crippen LogP contribution < -0.4 is 0 Å². The topological polar surface area (TPSA) is 87.4 Å². The average Bonchev–Trinajstić information content (AvgIpc) is 2.82. The van der Waals surface area contributed by atoms with Crippen LogP contribution in [0.15, 0.2) is 11.6 Å². The maximum absolute atomic E-state index is 13.3. The maximum Gasteiger partial charge on any atom is 0.312 e. The zero-order chi connectivity index (χ0) is 28.5. The number of methoxy groups -OCH3 is 1. The standard InChI is InChI=1S/C33H51NO4/c1-21(35)16-25-31(7)17-22(20-34)26(36)29(4,5)24(31)10-11-32(25,8)30(6)13-15-33(27(37)38-9)14-12-28(2,3)18-23(33)19-30/h17,21,23-25,35H,10-16,18-19H2,1-9H3/t21-,23?,24?,25+,30+,31-,32+,33-/m0/s1. The smallest absolute Gasteiger partial charge is 0.312 e. The van der Waals surface area contributed by atoms with E-state index in [1.807, 2.05) is 26.8 Å². The van der Waals surface area contributed by atoms with E-state index in [-0.39, 0.29) is 56.7 Å². The molecule has 38 heavy (non-hydrogen) atoms. The van der Waals surface area contributed by atoms with E-state index in [2.05, 4.69) is 40.7 Å². The summed E-state index contributed by atoms with van der Waals surface area (Å²) in [6.07, 6.45) is 9.77. The van der Waals surface area contributed by atoms with Gasteiger partial charge in [-0.2, -0.15) is 5.26 Å². The number of aliphatic hydroxyl groups is 1. The van der Waals surface area contributed by atoms with Crippen LogP contribution >= 0.6 is 0 Å². The number of hydrogen-bond donors (Lipinski definition) is 1. The van der Waals surface area contributed by atoms with E-state index in [9.17, 15) is 20.0 Å². The van der Waals surface area contributed by atoms with Gasteiger partial charge < -0.3 is 9.84 Å². The van der Waals surface area contributed by atoms with Gasteiger partial charge >= 0.3 is 5.97 Å². The summed E-state index contributed by atoms with van der Waals surface area (Å²) in [4.78, 5) is 26.6. The predicted molar refractivity (Wildman–Crippen MR) is 149 cm³/mol. The Morgan fingerprint density at radius 1 is 1.08 bits per heavy atom. The third-order valence-electron chi connectivity index (χ3n) is 12.7. The molecule has 0 heterocycles. The Labute approximate surface area is 230 Å². The highest BCUT2D eigenvalue weighted by Gasteiger charge is 2.67. The third kappa shape index (κ3) is 4.11. The Morgan fingerprint density at radius 3 is 2.29 bits per heavy atom. The fraction of sp³-hybridized carbons (Fsp3) is 0.848. The number of esters is 1. The molecule has 0 aromatic carbocycles. The van der Waals surface area contributed by atoms with Crippen molar-refractivity contribution in [3.05, 3.63) is 11.6 Å². The number of carbonyl (C=O) groups is 2. The van der Waals surface area contributed by atoms with Gasteiger partial charge in [0.2, 0.25) is 0 Å². The Morgan fingerprint density at radius 2 is 1.71 bits per heavy atom. The molecule has 1 N–H and O–H groups in total. The number of nitriles is 1. The lowest BCUT2D eigenvalue weighted by Crippen LogP contribution is -2.62. The van der Waals surface area contributed by atoms with Crippen molar-refractivity contribution >= 4 is 11.8 Å². The molecule has 0 bridgehead atoms. The largest absolute Gasteiger partial charge is 0.469 e. The molecule has 3 fully saturated rings. The number of nitrogens with zero attached hydrogens (tertiary/aromatic N) is 1. The molecule has 4 aliphatic carbocycles. The Kier molecular flexibility index (Phi) is 7.09. The van der Waals surface area contributed by atoms with Gasteiger partial charge in [0.15, 0.2) is 5.78 Å². The first-order valence-electron chi connectivity index (χ1n) is 14.9. The number of aliphatic hydroxyl groups excluding tert-OH is 1. The number of carbonyl (C=O) groups excluding carboxylic acids is 2. The van der Waals surface area contributed by atoms with Crippen LogP contribution in [0.4, 0.5) is 0 Å². The molecule has 4 aliphatic rings. The van der Waals surface area contributed by atoms with E-state index in [0.717, 1.165) is 51.4 Å². The number of fused-ring (bicyclic) bond motifs is 2. The molecule has 0 aliphatic heterocycles. The lowest BCUT2D eigenvalue weighted by atomic mass is 9.36. The van der Waals surface area contributed by atoms with Crippen LogP contribution in [0.25, 0.3) is 0 Å². The fourth-order valence-corrected chi connectivity index (χ4v) is 10.3. The normalized spacial score (nSPS) is 44.6. The highest BCUT2D eigenvalue weighted by atomic mass is 16.5. The molecule has 0 radical (unpaired) electrons. The van der Waals surface area contributed by atoms with E-state index in [1.54, 1.807) is 0 Å². The molecule has 5 heteroatoms. The van der Waals surface area contributed by atoms with E-state index in [4.69, 9.17) is 4.74 Å². The van der Waals surface area contributed by atoms with Crippen molar-refractivity contribution in [2.24, 2.45) is 50.2 Å². The van der Waals surface area contributed by atoms with Crippen molar-refractivity contribution in [3.8, 4) is 6.07 Å². The number of rotatable bonds is 4. The van der Waals surface area contributed by atoms with Crippen molar-refractivity contribution in [3.63, 3.8) is 0 Å². The average molecular weight is 526 g/mol. The van der Waals surface area contributed by atoms with Crippen LogP contribution in [-0.2, 0) is 14.3 Å². The molecular weight excluding hydrogens is 474 g/mol. The minimum atomic E-state index is -0.617. The van der Waals surface area contributed by atoms with Crippen LogP contribution in [0, 0.1) is 61.6 Å². The van der Waals surface area contributed by atoms with Gasteiger partial charge in [-0.3, -0.25) is 9.59 Å². The van der Waals surface area contributed by atoms with Gasteiger partial charge in [0.05, 0.1) is 24.2 Å². The van der Waals surface area contributed by atoms with Gasteiger partial charge in [0, 0.05) is 5.41 Å². The predicted octanol–water partition coefficient (Wildman–Crippen LogP) is 7.03. The molecule has 5 nitrogen and oxygen atoms in total. The minimum absolute atomic E-state index is 0.0319. The van der Waals surface area contributed by atoms with Gasteiger partial charge in [0.1, 0.15) is 6.07 Å². The van der Waals surface area contributed by atoms with E-state index in [1.165, 1.54) is 7.11 Å².